The molecule has 0 unspecified atom stereocenters. The molecule has 104 valence electrons. The number of nitrogen functional groups attached to an aromatic ring is 1. The second-order valence-corrected chi connectivity index (χ2v) is 5.05. The summed E-state index contributed by atoms with van der Waals surface area (Å²) in [7, 11) is 0. The van der Waals surface area contributed by atoms with Crippen LogP contribution < -0.4 is 5.73 Å². The van der Waals surface area contributed by atoms with Gasteiger partial charge >= 0.3 is 0 Å². The van der Waals surface area contributed by atoms with E-state index in [0.717, 1.165) is 5.56 Å². The third kappa shape index (κ3) is 2.01. The van der Waals surface area contributed by atoms with Gasteiger partial charge in [-0.1, -0.05) is 23.7 Å². The molecular weight excluding hydrogens is 291 g/mol. The molecule has 1 heterocycles. The number of aryl methyl sites for hydroxylation is 1. The Hall–Kier alpha value is -2.58. The van der Waals surface area contributed by atoms with E-state index in [1.165, 1.54) is 12.1 Å². The Morgan fingerprint density at radius 2 is 2.14 bits per heavy atom. The van der Waals surface area contributed by atoms with Crippen molar-refractivity contribution in [1.82, 2.24) is 9.55 Å². The smallest absolute Gasteiger partial charge is 0.205 e. The third-order valence-corrected chi connectivity index (χ3v) is 3.62. The molecule has 0 atom stereocenters. The monoisotopic (exact) mass is 300 g/mol. The van der Waals surface area contributed by atoms with E-state index in [1.807, 2.05) is 19.1 Å². The molecule has 0 bridgehead atoms. The molecule has 0 aliphatic rings. The lowest BCUT2D eigenvalue weighted by molar-refractivity contribution is 0.629. The molecule has 2 aromatic carbocycles. The van der Waals surface area contributed by atoms with Gasteiger partial charge < -0.3 is 5.73 Å². The van der Waals surface area contributed by atoms with Crippen LogP contribution in [0, 0.1) is 24.1 Å². The zero-order chi connectivity index (χ0) is 15.1. The molecule has 0 aliphatic carbocycles. The molecule has 0 radical (unpaired) electrons. The Bertz CT molecular complexity index is 908. The number of fused-ring (bicyclic) bond motifs is 1. The van der Waals surface area contributed by atoms with Gasteiger partial charge in [-0.3, -0.25) is 4.57 Å². The molecule has 3 aromatic rings. The minimum absolute atomic E-state index is 0.0168. The summed E-state index contributed by atoms with van der Waals surface area (Å²) in [4.78, 5) is 4.18. The summed E-state index contributed by atoms with van der Waals surface area (Å²) in [5.41, 5.74) is 8.73. The molecule has 4 nitrogen and oxygen atoms in total. The van der Waals surface area contributed by atoms with Gasteiger partial charge in [0, 0.05) is 6.07 Å². The van der Waals surface area contributed by atoms with Crippen LogP contribution in [0.3, 0.4) is 0 Å². The maximum Gasteiger partial charge on any atom is 0.205 e. The van der Waals surface area contributed by atoms with Crippen LogP contribution in [0.25, 0.3) is 16.7 Å². The number of nitrogens with zero attached hydrogens (tertiary/aromatic N) is 3. The van der Waals surface area contributed by atoms with Gasteiger partial charge in [0.1, 0.15) is 11.9 Å². The number of benzene rings is 2. The van der Waals surface area contributed by atoms with Crippen molar-refractivity contribution in [2.75, 3.05) is 5.73 Å². The standard InChI is InChI=1S/C15H10ClFN4/c1-8-3-2-4-13(9(8)7-18)21-14-6-11(17)10(16)5-12(14)20-15(21)19/h2-6H,1H3,(H2,19,20). The highest BCUT2D eigenvalue weighted by atomic mass is 35.5. The largest absolute Gasteiger partial charge is 0.369 e. The first-order valence-corrected chi connectivity index (χ1v) is 6.53. The lowest BCUT2D eigenvalue weighted by Crippen LogP contribution is -2.04. The van der Waals surface area contributed by atoms with E-state index < -0.39 is 5.82 Å². The van der Waals surface area contributed by atoms with Crippen LogP contribution in [0.1, 0.15) is 11.1 Å². The molecule has 0 spiro atoms. The predicted molar refractivity (Wildman–Crippen MR) is 79.9 cm³/mol. The second kappa shape index (κ2) is 4.76. The van der Waals surface area contributed by atoms with Gasteiger partial charge in [-0.05, 0) is 24.6 Å². The summed E-state index contributed by atoms with van der Waals surface area (Å²) in [6.07, 6.45) is 0. The maximum atomic E-state index is 13.7. The molecule has 2 N–H and O–H groups in total. The topological polar surface area (TPSA) is 67.6 Å². The lowest BCUT2D eigenvalue weighted by atomic mass is 10.1. The van der Waals surface area contributed by atoms with Crippen molar-refractivity contribution in [3.63, 3.8) is 0 Å². The fourth-order valence-electron chi connectivity index (χ4n) is 2.33. The van der Waals surface area contributed by atoms with E-state index in [1.54, 1.807) is 10.6 Å². The van der Waals surface area contributed by atoms with Crippen LogP contribution in [0.2, 0.25) is 5.02 Å². The van der Waals surface area contributed by atoms with E-state index in [-0.39, 0.29) is 11.0 Å². The number of imidazole rings is 1. The van der Waals surface area contributed by atoms with Crippen LogP contribution in [-0.2, 0) is 0 Å². The zero-order valence-corrected chi connectivity index (χ0v) is 11.8. The normalized spacial score (nSPS) is 10.8. The number of rotatable bonds is 1. The Morgan fingerprint density at radius 1 is 1.38 bits per heavy atom. The van der Waals surface area contributed by atoms with Gasteiger partial charge in [0.25, 0.3) is 0 Å². The van der Waals surface area contributed by atoms with Gasteiger partial charge in [-0.25, -0.2) is 9.37 Å². The number of hydrogen-bond donors (Lipinski definition) is 1. The molecule has 0 saturated carbocycles. The first kappa shape index (κ1) is 13.4. The highest BCUT2D eigenvalue weighted by Crippen LogP contribution is 2.29. The van der Waals surface area contributed by atoms with Crippen molar-refractivity contribution in [3.05, 3.63) is 52.3 Å². The van der Waals surface area contributed by atoms with Crippen molar-refractivity contribution in [2.24, 2.45) is 0 Å². The third-order valence-electron chi connectivity index (χ3n) is 3.33. The predicted octanol–water partition coefficient (Wildman–Crippen LogP) is 3.58. The summed E-state index contributed by atoms with van der Waals surface area (Å²) >= 11 is 5.76. The molecule has 0 amide bonds. The average molecular weight is 301 g/mol. The molecule has 6 heteroatoms. The minimum Gasteiger partial charge on any atom is -0.369 e. The van der Waals surface area contributed by atoms with Crippen molar-refractivity contribution < 1.29 is 4.39 Å². The zero-order valence-electron chi connectivity index (χ0n) is 11.1. The number of nitrogens with two attached hydrogens (primary N) is 1. The van der Waals surface area contributed by atoms with E-state index in [0.29, 0.717) is 22.3 Å². The Morgan fingerprint density at radius 3 is 2.86 bits per heavy atom. The summed E-state index contributed by atoms with van der Waals surface area (Å²) in [6, 6.07) is 10.2. The maximum absolute atomic E-state index is 13.7. The quantitative estimate of drug-likeness (QED) is 0.747. The number of hydrogen-bond acceptors (Lipinski definition) is 3. The van der Waals surface area contributed by atoms with Gasteiger partial charge in [0.05, 0.1) is 27.3 Å². The van der Waals surface area contributed by atoms with Gasteiger partial charge in [0.15, 0.2) is 0 Å². The molecule has 3 rings (SSSR count). The average Bonchev–Trinajstić information content (AvgIpc) is 2.74. The summed E-state index contributed by atoms with van der Waals surface area (Å²) in [5, 5.41) is 9.32. The lowest BCUT2D eigenvalue weighted by Gasteiger charge is -2.10. The van der Waals surface area contributed by atoms with Crippen LogP contribution in [-0.4, -0.2) is 9.55 Å². The van der Waals surface area contributed by atoms with Gasteiger partial charge in [0.2, 0.25) is 5.95 Å². The Kier molecular flexibility index (Phi) is 3.04. The van der Waals surface area contributed by atoms with Crippen molar-refractivity contribution >= 4 is 28.6 Å². The number of aromatic nitrogens is 2. The van der Waals surface area contributed by atoms with E-state index >= 15 is 0 Å². The van der Waals surface area contributed by atoms with Gasteiger partial charge in [-0.2, -0.15) is 5.26 Å². The fraction of sp³-hybridized carbons (Fsp3) is 0.0667. The van der Waals surface area contributed by atoms with E-state index in [2.05, 4.69) is 11.1 Å². The van der Waals surface area contributed by atoms with E-state index in [4.69, 9.17) is 17.3 Å². The second-order valence-electron chi connectivity index (χ2n) is 4.64. The highest BCUT2D eigenvalue weighted by Gasteiger charge is 2.16. The van der Waals surface area contributed by atoms with Crippen molar-refractivity contribution in [1.29, 1.82) is 5.26 Å². The van der Waals surface area contributed by atoms with Crippen molar-refractivity contribution in [3.8, 4) is 11.8 Å². The number of halogens is 2. The fourth-order valence-corrected chi connectivity index (χ4v) is 2.49. The molecule has 0 fully saturated rings. The summed E-state index contributed by atoms with van der Waals surface area (Å²) in [6.45, 7) is 1.83. The molecule has 0 aliphatic heterocycles. The van der Waals surface area contributed by atoms with Crippen LogP contribution in [0.15, 0.2) is 30.3 Å². The highest BCUT2D eigenvalue weighted by molar-refractivity contribution is 6.31. The van der Waals surface area contributed by atoms with Crippen LogP contribution in [0.4, 0.5) is 10.3 Å². The van der Waals surface area contributed by atoms with Gasteiger partial charge in [-0.15, -0.1) is 0 Å². The van der Waals surface area contributed by atoms with E-state index in [9.17, 15) is 9.65 Å². The summed E-state index contributed by atoms with van der Waals surface area (Å²) in [5.74, 6) is -0.384. The minimum atomic E-state index is -0.559. The molecular formula is C15H10ClFN4. The summed E-state index contributed by atoms with van der Waals surface area (Å²) < 4.78 is 15.3. The molecule has 21 heavy (non-hydrogen) atoms. The number of nitriles is 1. The van der Waals surface area contributed by atoms with Crippen LogP contribution in [0.5, 0.6) is 0 Å². The Balaban J connectivity index is 2.41. The van der Waals surface area contributed by atoms with Crippen molar-refractivity contribution in [2.45, 2.75) is 6.92 Å². The first-order chi connectivity index (χ1) is 10.0. The molecule has 1 aromatic heterocycles. The van der Waals surface area contributed by atoms with Crippen LogP contribution >= 0.6 is 11.6 Å². The SMILES string of the molecule is Cc1cccc(-n2c(N)nc3cc(Cl)c(F)cc32)c1C#N. The first-order valence-electron chi connectivity index (χ1n) is 6.16. The molecule has 0 saturated heterocycles. The Labute approximate surface area is 125 Å². The number of anilines is 1.